The molecule has 9 nitrogen and oxygen atoms in total. The van der Waals surface area contributed by atoms with Crippen molar-refractivity contribution in [1.82, 2.24) is 10.0 Å². The Morgan fingerprint density at radius 2 is 1.21 bits per heavy atom. The average Bonchev–Trinajstić information content (AvgIpc) is 3.75. The number of carbonyl (C=O) groups is 5. The van der Waals surface area contributed by atoms with Crippen LogP contribution in [-0.4, -0.2) is 46.0 Å². The SMILES string of the molecule is O=C(CN(C(=O)c1ccc(Cl)cc1)N1C(=O)[C@@H]2C3c4ccccc4C(c4ccccc43)[C@H]2C1=O)c1ccc(OC(=O)c2ccco2)cc1. The fourth-order valence-corrected chi connectivity index (χ4v) is 7.49. The highest BCUT2D eigenvalue weighted by Gasteiger charge is 2.63. The lowest BCUT2D eigenvalue weighted by molar-refractivity contribution is -0.154. The second-order valence-electron chi connectivity index (χ2n) is 11.9. The molecular formula is C38H25ClN2O7. The van der Waals surface area contributed by atoms with Gasteiger partial charge in [0.05, 0.1) is 18.1 Å². The summed E-state index contributed by atoms with van der Waals surface area (Å²) in [6.45, 7) is -0.598. The number of imide groups is 1. The van der Waals surface area contributed by atoms with E-state index in [9.17, 15) is 24.0 Å². The Morgan fingerprint density at radius 1 is 0.688 bits per heavy atom. The van der Waals surface area contributed by atoms with Crippen molar-refractivity contribution in [1.29, 1.82) is 0 Å². The van der Waals surface area contributed by atoms with Gasteiger partial charge in [0.1, 0.15) is 12.3 Å². The molecule has 3 amide bonds. The predicted octanol–water partition coefficient (Wildman–Crippen LogP) is 6.28. The molecule has 1 aliphatic heterocycles. The Hall–Kier alpha value is -5.80. The molecule has 0 spiro atoms. The third-order valence-electron chi connectivity index (χ3n) is 9.39. The van der Waals surface area contributed by atoms with Gasteiger partial charge in [-0.05, 0) is 82.9 Å². The normalized spacial score (nSPS) is 20.1. The second kappa shape index (κ2) is 11.5. The van der Waals surface area contributed by atoms with Gasteiger partial charge >= 0.3 is 5.97 Å². The van der Waals surface area contributed by atoms with Crippen molar-refractivity contribution in [2.75, 3.05) is 6.54 Å². The van der Waals surface area contributed by atoms with E-state index >= 15 is 0 Å². The number of hydrogen-bond donors (Lipinski definition) is 0. The maximum Gasteiger partial charge on any atom is 0.379 e. The number of hydrazine groups is 1. The number of nitrogens with zero attached hydrogens (tertiary/aromatic N) is 2. The standard InChI is InChI=1S/C38H25ClN2O7/c39-23-15-11-22(12-16-23)35(43)40(20-29(42)21-13-17-24(18-14-21)48-38(46)30-10-5-19-47-30)41-36(44)33-31-25-6-1-2-7-26(25)32(34(33)37(41)45)28-9-4-3-8-27(28)31/h1-19,31-34H,20H2/t31?,32?,33-,34-/m1/s1. The van der Waals surface area contributed by atoms with Crippen LogP contribution in [0, 0.1) is 11.8 Å². The number of hydrogen-bond acceptors (Lipinski definition) is 7. The van der Waals surface area contributed by atoms with Crippen molar-refractivity contribution in [2.45, 2.75) is 11.8 Å². The molecule has 2 bridgehead atoms. The third kappa shape index (κ3) is 4.65. The molecule has 4 aromatic carbocycles. The number of rotatable bonds is 7. The van der Waals surface area contributed by atoms with Crippen molar-refractivity contribution in [3.63, 3.8) is 0 Å². The number of halogens is 1. The maximum atomic E-state index is 14.5. The van der Waals surface area contributed by atoms with Crippen LogP contribution in [-0.2, 0) is 9.59 Å². The average molecular weight is 657 g/mol. The lowest BCUT2D eigenvalue weighted by Crippen LogP contribution is -2.52. The Bertz CT molecular complexity index is 2010. The van der Waals surface area contributed by atoms with Crippen LogP contribution in [0.25, 0.3) is 0 Å². The van der Waals surface area contributed by atoms with Crippen LogP contribution in [0.4, 0.5) is 0 Å². The van der Waals surface area contributed by atoms with Gasteiger partial charge < -0.3 is 9.15 Å². The number of esters is 1. The number of ketones is 1. The van der Waals surface area contributed by atoms with E-state index in [0.29, 0.717) is 5.02 Å². The molecule has 0 N–H and O–H groups in total. The van der Waals surface area contributed by atoms with E-state index in [1.54, 1.807) is 6.07 Å². The lowest BCUT2D eigenvalue weighted by Gasteiger charge is -2.45. The van der Waals surface area contributed by atoms with Gasteiger partial charge in [0.15, 0.2) is 5.78 Å². The summed E-state index contributed by atoms with van der Waals surface area (Å²) in [7, 11) is 0. The first-order valence-electron chi connectivity index (χ1n) is 15.3. The molecule has 2 heterocycles. The first-order chi connectivity index (χ1) is 23.3. The molecule has 1 saturated heterocycles. The Labute approximate surface area is 279 Å². The van der Waals surface area contributed by atoms with Gasteiger partial charge in [0, 0.05) is 28.0 Å². The fraction of sp³-hybridized carbons (Fsp3) is 0.132. The van der Waals surface area contributed by atoms with Crippen molar-refractivity contribution in [2.24, 2.45) is 11.8 Å². The minimum absolute atomic E-state index is 0.0200. The van der Waals surface area contributed by atoms with E-state index in [0.717, 1.165) is 32.3 Å². The molecule has 1 aromatic heterocycles. The summed E-state index contributed by atoms with van der Waals surface area (Å²) in [6, 6.07) is 30.5. The monoisotopic (exact) mass is 656 g/mol. The largest absolute Gasteiger partial charge is 0.457 e. The zero-order valence-corrected chi connectivity index (χ0v) is 25.9. The highest BCUT2D eigenvalue weighted by Crippen LogP contribution is 2.61. The summed E-state index contributed by atoms with van der Waals surface area (Å²) >= 11 is 6.08. The van der Waals surface area contributed by atoms with Crippen LogP contribution in [0.1, 0.15) is 65.4 Å². The predicted molar refractivity (Wildman–Crippen MR) is 172 cm³/mol. The number of benzene rings is 4. The molecule has 1 fully saturated rings. The molecule has 9 rings (SSSR count). The molecule has 0 radical (unpaired) electrons. The zero-order valence-electron chi connectivity index (χ0n) is 25.1. The third-order valence-corrected chi connectivity index (χ3v) is 9.65. The van der Waals surface area contributed by atoms with E-state index in [2.05, 4.69) is 0 Å². The summed E-state index contributed by atoms with van der Waals surface area (Å²) in [5, 5.41) is 2.24. The Morgan fingerprint density at radius 3 is 1.71 bits per heavy atom. The van der Waals surface area contributed by atoms with Crippen molar-refractivity contribution >= 4 is 41.1 Å². The smallest absolute Gasteiger partial charge is 0.379 e. The highest BCUT2D eigenvalue weighted by molar-refractivity contribution is 6.30. The summed E-state index contributed by atoms with van der Waals surface area (Å²) < 4.78 is 10.4. The van der Waals surface area contributed by atoms with E-state index in [1.165, 1.54) is 60.9 Å². The van der Waals surface area contributed by atoms with Crippen molar-refractivity contribution < 1.29 is 33.1 Å². The lowest BCUT2D eigenvalue weighted by atomic mass is 9.55. The molecule has 2 atom stereocenters. The van der Waals surface area contributed by atoms with Crippen molar-refractivity contribution in [3.05, 3.63) is 160 Å². The molecule has 0 saturated carbocycles. The molecule has 48 heavy (non-hydrogen) atoms. The summed E-state index contributed by atoms with van der Waals surface area (Å²) in [5.41, 5.74) is 4.29. The number of furan rings is 1. The molecule has 236 valence electrons. The first kappa shape index (κ1) is 29.6. The van der Waals surface area contributed by atoms with Crippen LogP contribution in [0.15, 0.2) is 120 Å². The number of ether oxygens (including phenoxy) is 1. The van der Waals surface area contributed by atoms with Crippen LogP contribution < -0.4 is 4.74 Å². The Kier molecular flexibility index (Phi) is 7.07. The summed E-state index contributed by atoms with van der Waals surface area (Å²) in [4.78, 5) is 69.1. The minimum Gasteiger partial charge on any atom is -0.457 e. The molecule has 3 aliphatic carbocycles. The number of Topliss-reactive ketones (excluding diaryl/α,β-unsaturated/α-hetero) is 1. The van der Waals surface area contributed by atoms with Gasteiger partial charge in [-0.2, -0.15) is 5.01 Å². The van der Waals surface area contributed by atoms with Gasteiger partial charge in [0.2, 0.25) is 5.76 Å². The van der Waals surface area contributed by atoms with E-state index in [-0.39, 0.29) is 34.5 Å². The number of carbonyl (C=O) groups excluding carboxylic acids is 5. The van der Waals surface area contributed by atoms with Gasteiger partial charge in [-0.25, -0.2) is 9.80 Å². The van der Waals surface area contributed by atoms with E-state index in [4.69, 9.17) is 20.8 Å². The highest BCUT2D eigenvalue weighted by atomic mass is 35.5. The van der Waals surface area contributed by atoms with Gasteiger partial charge in [0.25, 0.3) is 17.7 Å². The molecular weight excluding hydrogens is 632 g/mol. The van der Waals surface area contributed by atoms with Gasteiger partial charge in [-0.15, -0.1) is 0 Å². The maximum absolute atomic E-state index is 14.5. The molecule has 4 aliphatic rings. The van der Waals surface area contributed by atoms with Crippen LogP contribution in [0.3, 0.4) is 0 Å². The molecule has 5 aromatic rings. The first-order valence-corrected chi connectivity index (χ1v) is 15.7. The Balaban J connectivity index is 1.13. The van der Waals surface area contributed by atoms with Gasteiger partial charge in [-0.3, -0.25) is 19.2 Å². The van der Waals surface area contributed by atoms with Gasteiger partial charge in [-0.1, -0.05) is 60.1 Å². The number of amides is 3. The van der Waals surface area contributed by atoms with Crippen molar-refractivity contribution in [3.8, 4) is 5.75 Å². The second-order valence-corrected chi connectivity index (χ2v) is 12.4. The van der Waals surface area contributed by atoms with Crippen LogP contribution >= 0.6 is 11.6 Å². The summed E-state index contributed by atoms with van der Waals surface area (Å²) in [5.74, 6) is -5.06. The summed E-state index contributed by atoms with van der Waals surface area (Å²) in [6.07, 6.45) is 1.35. The molecule has 0 unspecified atom stereocenters. The fourth-order valence-electron chi connectivity index (χ4n) is 7.36. The quantitative estimate of drug-likeness (QED) is 0.0876. The zero-order chi connectivity index (χ0) is 33.1. The molecule has 10 heteroatoms. The van der Waals surface area contributed by atoms with Crippen LogP contribution in [0.2, 0.25) is 5.02 Å². The van der Waals surface area contributed by atoms with E-state index < -0.39 is 47.9 Å². The minimum atomic E-state index is -0.744. The van der Waals surface area contributed by atoms with Crippen LogP contribution in [0.5, 0.6) is 5.75 Å². The van der Waals surface area contributed by atoms with E-state index in [1.807, 2.05) is 48.5 Å². The topological polar surface area (TPSA) is 114 Å².